The summed E-state index contributed by atoms with van der Waals surface area (Å²) in [5.74, 6) is 0.0212. The molecule has 0 saturated carbocycles. The lowest BCUT2D eigenvalue weighted by Crippen LogP contribution is -2.43. The van der Waals surface area contributed by atoms with Crippen molar-refractivity contribution in [3.8, 4) is 5.69 Å². The van der Waals surface area contributed by atoms with Gasteiger partial charge in [0.2, 0.25) is 0 Å². The molecule has 1 aromatic carbocycles. The first-order valence-electron chi connectivity index (χ1n) is 8.93. The lowest BCUT2D eigenvalue weighted by Gasteiger charge is -2.32. The van der Waals surface area contributed by atoms with Crippen LogP contribution in [0.15, 0.2) is 55.1 Å². The Morgan fingerprint density at radius 2 is 2.11 bits per heavy atom. The Labute approximate surface area is 156 Å². The molecule has 1 aliphatic heterocycles. The number of tetrazole rings is 1. The van der Waals surface area contributed by atoms with Crippen LogP contribution >= 0.6 is 0 Å². The van der Waals surface area contributed by atoms with Crippen molar-refractivity contribution in [2.24, 2.45) is 0 Å². The highest BCUT2D eigenvalue weighted by molar-refractivity contribution is 5.94. The van der Waals surface area contributed by atoms with Gasteiger partial charge in [0, 0.05) is 31.0 Å². The third-order valence-corrected chi connectivity index (χ3v) is 4.60. The predicted molar refractivity (Wildman–Crippen MR) is 97.1 cm³/mol. The maximum Gasteiger partial charge on any atom is 0.253 e. The van der Waals surface area contributed by atoms with Gasteiger partial charge in [0.05, 0.1) is 18.4 Å². The molecule has 1 aliphatic rings. The second-order valence-corrected chi connectivity index (χ2v) is 6.49. The van der Waals surface area contributed by atoms with E-state index in [1.54, 1.807) is 29.2 Å². The monoisotopic (exact) mass is 364 g/mol. The van der Waals surface area contributed by atoms with Crippen LogP contribution in [0.4, 0.5) is 0 Å². The number of carbonyl (C=O) groups excluding carboxylic acids is 1. The van der Waals surface area contributed by atoms with Gasteiger partial charge in [-0.05, 0) is 59.2 Å². The zero-order chi connectivity index (χ0) is 18.5. The van der Waals surface area contributed by atoms with Crippen molar-refractivity contribution in [2.75, 3.05) is 13.1 Å². The third kappa shape index (κ3) is 4.17. The van der Waals surface area contributed by atoms with E-state index in [0.29, 0.717) is 18.7 Å². The molecule has 8 heteroatoms. The number of rotatable bonds is 5. The molecule has 138 valence electrons. The number of amides is 1. The second-order valence-electron chi connectivity index (χ2n) is 6.49. The predicted octanol–water partition coefficient (Wildman–Crippen LogP) is 1.88. The van der Waals surface area contributed by atoms with Crippen molar-refractivity contribution < 1.29 is 9.53 Å². The number of benzene rings is 1. The van der Waals surface area contributed by atoms with Gasteiger partial charge in [-0.2, -0.15) is 0 Å². The van der Waals surface area contributed by atoms with Crippen LogP contribution in [0.25, 0.3) is 5.69 Å². The molecule has 1 amide bonds. The minimum absolute atomic E-state index is 0.0212. The molecule has 1 unspecified atom stereocenters. The summed E-state index contributed by atoms with van der Waals surface area (Å²) >= 11 is 0. The van der Waals surface area contributed by atoms with E-state index in [1.807, 2.05) is 29.2 Å². The van der Waals surface area contributed by atoms with Gasteiger partial charge >= 0.3 is 0 Å². The molecule has 0 radical (unpaired) electrons. The molecule has 0 spiro atoms. The smallest absolute Gasteiger partial charge is 0.253 e. The van der Waals surface area contributed by atoms with E-state index in [9.17, 15) is 4.79 Å². The largest absolute Gasteiger partial charge is 0.372 e. The van der Waals surface area contributed by atoms with Gasteiger partial charge in [0.15, 0.2) is 0 Å². The van der Waals surface area contributed by atoms with Crippen LogP contribution in [0.1, 0.15) is 28.8 Å². The Kier molecular flexibility index (Phi) is 5.15. The number of carbonyl (C=O) groups is 1. The molecule has 1 atom stereocenters. The first-order chi connectivity index (χ1) is 13.3. The van der Waals surface area contributed by atoms with Crippen LogP contribution in [0.3, 0.4) is 0 Å². The van der Waals surface area contributed by atoms with Gasteiger partial charge in [-0.15, -0.1) is 5.10 Å². The van der Waals surface area contributed by atoms with Gasteiger partial charge in [-0.25, -0.2) is 4.68 Å². The summed E-state index contributed by atoms with van der Waals surface area (Å²) in [4.78, 5) is 18.8. The zero-order valence-corrected chi connectivity index (χ0v) is 14.8. The van der Waals surface area contributed by atoms with E-state index in [1.165, 1.54) is 6.33 Å². The van der Waals surface area contributed by atoms with E-state index in [0.717, 1.165) is 30.6 Å². The molecule has 27 heavy (non-hydrogen) atoms. The van der Waals surface area contributed by atoms with Crippen LogP contribution < -0.4 is 0 Å². The molecule has 1 fully saturated rings. The normalized spacial score (nSPS) is 17.0. The van der Waals surface area contributed by atoms with Gasteiger partial charge in [-0.3, -0.25) is 9.78 Å². The lowest BCUT2D eigenvalue weighted by atomic mass is 10.1. The SMILES string of the molecule is O=C(c1ccc(-n2cnnn2)cc1)N1CCCC(OCc2cccnc2)C1. The summed E-state index contributed by atoms with van der Waals surface area (Å²) in [6.07, 6.45) is 7.01. The molecule has 0 aliphatic carbocycles. The molecule has 8 nitrogen and oxygen atoms in total. The van der Waals surface area contributed by atoms with Gasteiger partial charge in [0.25, 0.3) is 5.91 Å². The highest BCUT2D eigenvalue weighted by Crippen LogP contribution is 2.18. The van der Waals surface area contributed by atoms with E-state index < -0.39 is 0 Å². The van der Waals surface area contributed by atoms with Crippen molar-refractivity contribution in [2.45, 2.75) is 25.6 Å². The summed E-state index contributed by atoms with van der Waals surface area (Å²) in [7, 11) is 0. The van der Waals surface area contributed by atoms with Crippen molar-refractivity contribution in [3.05, 3.63) is 66.2 Å². The first-order valence-corrected chi connectivity index (χ1v) is 8.93. The fourth-order valence-corrected chi connectivity index (χ4v) is 3.18. The Hall–Kier alpha value is -3.13. The number of hydrogen-bond donors (Lipinski definition) is 0. The van der Waals surface area contributed by atoms with Crippen molar-refractivity contribution in [1.29, 1.82) is 0 Å². The minimum atomic E-state index is 0.0212. The summed E-state index contributed by atoms with van der Waals surface area (Å²) in [5.41, 5.74) is 2.51. The number of likely N-dealkylation sites (tertiary alicyclic amines) is 1. The van der Waals surface area contributed by atoms with Crippen LogP contribution in [-0.4, -0.2) is 55.2 Å². The van der Waals surface area contributed by atoms with E-state index >= 15 is 0 Å². The molecule has 2 aromatic heterocycles. The Morgan fingerprint density at radius 3 is 2.85 bits per heavy atom. The molecule has 3 aromatic rings. The quantitative estimate of drug-likeness (QED) is 0.687. The minimum Gasteiger partial charge on any atom is -0.372 e. The maximum atomic E-state index is 12.8. The number of ether oxygens (including phenoxy) is 1. The van der Waals surface area contributed by atoms with Gasteiger partial charge < -0.3 is 9.64 Å². The number of pyridine rings is 1. The fraction of sp³-hybridized carbons (Fsp3) is 0.316. The Bertz CT molecular complexity index is 867. The van der Waals surface area contributed by atoms with E-state index in [4.69, 9.17) is 4.74 Å². The topological polar surface area (TPSA) is 86.0 Å². The number of nitrogens with zero attached hydrogens (tertiary/aromatic N) is 6. The molecular weight excluding hydrogens is 344 g/mol. The molecular formula is C19H20N6O2. The number of aromatic nitrogens is 5. The van der Waals surface area contributed by atoms with Gasteiger partial charge in [0.1, 0.15) is 6.33 Å². The summed E-state index contributed by atoms with van der Waals surface area (Å²) in [5, 5.41) is 11.1. The number of piperidine rings is 1. The lowest BCUT2D eigenvalue weighted by molar-refractivity contribution is -0.00681. The summed E-state index contributed by atoms with van der Waals surface area (Å²) in [6, 6.07) is 11.2. The van der Waals surface area contributed by atoms with Crippen LogP contribution in [0.5, 0.6) is 0 Å². The second kappa shape index (κ2) is 8.05. The van der Waals surface area contributed by atoms with Crippen molar-refractivity contribution in [3.63, 3.8) is 0 Å². The molecule has 4 rings (SSSR count). The zero-order valence-electron chi connectivity index (χ0n) is 14.8. The fourth-order valence-electron chi connectivity index (χ4n) is 3.18. The van der Waals surface area contributed by atoms with Crippen molar-refractivity contribution in [1.82, 2.24) is 30.1 Å². The van der Waals surface area contributed by atoms with Crippen LogP contribution in [-0.2, 0) is 11.3 Å². The molecule has 0 bridgehead atoms. The molecule has 3 heterocycles. The Morgan fingerprint density at radius 1 is 1.22 bits per heavy atom. The average molecular weight is 364 g/mol. The number of hydrogen-bond acceptors (Lipinski definition) is 6. The third-order valence-electron chi connectivity index (χ3n) is 4.60. The van der Waals surface area contributed by atoms with Crippen molar-refractivity contribution >= 4 is 5.91 Å². The average Bonchev–Trinajstić information content (AvgIpc) is 3.28. The van der Waals surface area contributed by atoms with E-state index in [2.05, 4.69) is 20.5 Å². The summed E-state index contributed by atoms with van der Waals surface area (Å²) < 4.78 is 7.55. The highest BCUT2D eigenvalue weighted by Gasteiger charge is 2.25. The first kappa shape index (κ1) is 17.3. The standard InChI is InChI=1S/C19H20N6O2/c26-19(16-5-7-17(8-6-16)25-14-21-22-23-25)24-10-2-4-18(12-24)27-13-15-3-1-9-20-11-15/h1,3,5-9,11,14,18H,2,4,10,12-13H2. The molecule has 1 saturated heterocycles. The van der Waals surface area contributed by atoms with E-state index in [-0.39, 0.29) is 12.0 Å². The Balaban J connectivity index is 1.36. The van der Waals surface area contributed by atoms with Crippen LogP contribution in [0, 0.1) is 0 Å². The summed E-state index contributed by atoms with van der Waals surface area (Å²) in [6.45, 7) is 1.87. The van der Waals surface area contributed by atoms with Crippen LogP contribution in [0.2, 0.25) is 0 Å². The maximum absolute atomic E-state index is 12.8. The molecule has 0 N–H and O–H groups in total. The highest BCUT2D eigenvalue weighted by atomic mass is 16.5. The van der Waals surface area contributed by atoms with Gasteiger partial charge in [-0.1, -0.05) is 6.07 Å².